The van der Waals surface area contributed by atoms with Crippen LogP contribution >= 0.6 is 0 Å². The van der Waals surface area contributed by atoms with Crippen LogP contribution in [0.4, 0.5) is 0 Å². The van der Waals surface area contributed by atoms with Crippen molar-refractivity contribution in [3.05, 3.63) is 41.2 Å². The van der Waals surface area contributed by atoms with Crippen molar-refractivity contribution in [3.8, 4) is 0 Å². The molecule has 9 nitrogen and oxygen atoms in total. The molecule has 9 atom stereocenters. The lowest BCUT2D eigenvalue weighted by molar-refractivity contribution is -0.235. The van der Waals surface area contributed by atoms with Crippen molar-refractivity contribution in [3.63, 3.8) is 0 Å². The summed E-state index contributed by atoms with van der Waals surface area (Å²) in [5.74, 6) is 0.0227. The number of ketones is 1. The third-order valence-electron chi connectivity index (χ3n) is 16.9. The number of hydrogen-bond donors (Lipinski definition) is 2. The van der Waals surface area contributed by atoms with Gasteiger partial charge in [0.1, 0.15) is 6.10 Å². The molecule has 4 saturated carbocycles. The maximum Gasteiger partial charge on any atom is 0.309 e. The highest BCUT2D eigenvalue weighted by molar-refractivity contribution is 6.00. The molecule has 5 aliphatic rings. The van der Waals surface area contributed by atoms with E-state index >= 15 is 0 Å². The summed E-state index contributed by atoms with van der Waals surface area (Å²) in [6.45, 7) is 22.6. The summed E-state index contributed by atoms with van der Waals surface area (Å²) in [5, 5.41) is 22.3. The van der Waals surface area contributed by atoms with Crippen LogP contribution in [0.15, 0.2) is 35.5 Å². The molecule has 1 aromatic heterocycles. The van der Waals surface area contributed by atoms with Gasteiger partial charge < -0.3 is 19.8 Å². The minimum absolute atomic E-state index is 0.0261. The highest BCUT2D eigenvalue weighted by Gasteiger charge is 2.71. The average Bonchev–Trinajstić information content (AvgIpc) is 3.42. The number of carbonyl (C=O) groups is 3. The Balaban J connectivity index is 1.29. The maximum absolute atomic E-state index is 14.3. The zero-order chi connectivity index (χ0) is 41.2. The largest absolute Gasteiger partial charge is 0.481 e. The SMILES string of the molecule is CC(C)C1=C2[C@H]3CC[C@@H]4[C@@]5(C)CC[C@@H](OC(=O)CC(C)(C)C(=O)O)C(C)(C)[C@@H]5CC[C@@]4(C)[C@]3(C)CC[C@@]2([C@@H](O)CN(CCN(C)C)Cc2ccccn2)CC1=O. The molecule has 2 N–H and O–H groups in total. The molecule has 4 fully saturated rings. The summed E-state index contributed by atoms with van der Waals surface area (Å²) < 4.78 is 6.19. The number of esters is 1. The number of ether oxygens (including phenoxy) is 1. The molecule has 0 amide bonds. The van der Waals surface area contributed by atoms with Gasteiger partial charge in [0, 0.05) is 49.6 Å². The number of rotatable bonds is 13. The first kappa shape index (κ1) is 43.0. The average molecular weight is 776 g/mol. The monoisotopic (exact) mass is 776 g/mol. The smallest absolute Gasteiger partial charge is 0.309 e. The number of carboxylic acid groups (broad SMARTS) is 1. The predicted molar refractivity (Wildman–Crippen MR) is 219 cm³/mol. The highest BCUT2D eigenvalue weighted by Crippen LogP contribution is 2.77. The van der Waals surface area contributed by atoms with Crippen molar-refractivity contribution >= 4 is 17.7 Å². The lowest BCUT2D eigenvalue weighted by atomic mass is 9.33. The summed E-state index contributed by atoms with van der Waals surface area (Å²) >= 11 is 0. The molecule has 6 rings (SSSR count). The van der Waals surface area contributed by atoms with Crippen LogP contribution in [0.3, 0.4) is 0 Å². The van der Waals surface area contributed by atoms with Crippen molar-refractivity contribution in [2.75, 3.05) is 33.7 Å². The number of hydrogen-bond acceptors (Lipinski definition) is 8. The fourth-order valence-electron chi connectivity index (χ4n) is 13.6. The maximum atomic E-state index is 14.3. The van der Waals surface area contributed by atoms with Crippen molar-refractivity contribution in [1.29, 1.82) is 0 Å². The van der Waals surface area contributed by atoms with Gasteiger partial charge in [-0.25, -0.2) is 0 Å². The summed E-state index contributed by atoms with van der Waals surface area (Å²) in [4.78, 5) is 48.4. The van der Waals surface area contributed by atoms with Gasteiger partial charge in [0.15, 0.2) is 5.78 Å². The number of aliphatic carboxylic acids is 1. The van der Waals surface area contributed by atoms with Crippen LogP contribution in [0, 0.1) is 56.2 Å². The molecular formula is C47H73N3O6. The molecule has 0 unspecified atom stereocenters. The normalized spacial score (nSPS) is 35.9. The molecule has 9 heteroatoms. The first-order chi connectivity index (χ1) is 26.0. The molecule has 0 aromatic carbocycles. The Morgan fingerprint density at radius 1 is 0.946 bits per heavy atom. The molecular weight excluding hydrogens is 703 g/mol. The minimum Gasteiger partial charge on any atom is -0.481 e. The van der Waals surface area contributed by atoms with E-state index in [2.05, 4.69) is 83.4 Å². The number of aliphatic hydroxyl groups excluding tert-OH is 1. The van der Waals surface area contributed by atoms with Crippen molar-refractivity contribution in [1.82, 2.24) is 14.8 Å². The zero-order valence-electron chi connectivity index (χ0n) is 36.5. The van der Waals surface area contributed by atoms with Gasteiger partial charge in [-0.1, -0.05) is 60.1 Å². The van der Waals surface area contributed by atoms with Gasteiger partial charge in [-0.2, -0.15) is 0 Å². The molecule has 0 spiro atoms. The molecule has 0 radical (unpaired) electrons. The van der Waals surface area contributed by atoms with Gasteiger partial charge in [0.2, 0.25) is 0 Å². The molecule has 56 heavy (non-hydrogen) atoms. The van der Waals surface area contributed by atoms with Gasteiger partial charge in [0.05, 0.1) is 23.6 Å². The molecule has 312 valence electrons. The second-order valence-electron chi connectivity index (χ2n) is 21.4. The quantitative estimate of drug-likeness (QED) is 0.191. The number of fused-ring (bicyclic) bond motifs is 7. The number of nitrogens with zero attached hydrogens (tertiary/aromatic N) is 3. The minimum atomic E-state index is -1.17. The van der Waals surface area contributed by atoms with Crippen LogP contribution in [-0.2, 0) is 25.7 Å². The van der Waals surface area contributed by atoms with Crippen LogP contribution in [0.25, 0.3) is 0 Å². The van der Waals surface area contributed by atoms with Gasteiger partial charge in [-0.3, -0.25) is 24.3 Å². The third-order valence-corrected chi connectivity index (χ3v) is 16.9. The second kappa shape index (κ2) is 15.2. The van der Waals surface area contributed by atoms with Crippen LogP contribution in [0.5, 0.6) is 0 Å². The van der Waals surface area contributed by atoms with E-state index in [0.717, 1.165) is 75.7 Å². The molecule has 0 saturated heterocycles. The number of aromatic nitrogens is 1. The Labute approximate surface area is 337 Å². The fourth-order valence-corrected chi connectivity index (χ4v) is 13.6. The number of carboxylic acids is 1. The number of pyridine rings is 1. The number of likely N-dealkylation sites (N-methyl/N-ethyl adjacent to an activating group) is 1. The number of Topliss-reactive ketones (excluding diaryl/α,β-unsaturated/α-hetero) is 1. The van der Waals surface area contributed by atoms with Crippen molar-refractivity contribution in [2.45, 2.75) is 145 Å². The number of allylic oxidation sites excluding steroid dienone is 1. The van der Waals surface area contributed by atoms with E-state index in [9.17, 15) is 24.6 Å². The van der Waals surface area contributed by atoms with E-state index in [-0.39, 0.29) is 51.8 Å². The molecule has 5 aliphatic carbocycles. The van der Waals surface area contributed by atoms with E-state index in [1.165, 1.54) is 5.57 Å². The topological polar surface area (TPSA) is 120 Å². The summed E-state index contributed by atoms with van der Waals surface area (Å²) in [5.41, 5.74) is 1.39. The fraction of sp³-hybridized carbons (Fsp3) is 0.787. The van der Waals surface area contributed by atoms with Crippen molar-refractivity contribution in [2.24, 2.45) is 56.2 Å². The predicted octanol–water partition coefficient (Wildman–Crippen LogP) is 8.20. The van der Waals surface area contributed by atoms with Crippen LogP contribution < -0.4 is 0 Å². The Morgan fingerprint density at radius 3 is 2.29 bits per heavy atom. The van der Waals surface area contributed by atoms with E-state index in [1.807, 2.05) is 18.3 Å². The molecule has 0 bridgehead atoms. The van der Waals surface area contributed by atoms with Gasteiger partial charge in [-0.15, -0.1) is 0 Å². The first-order valence-corrected chi connectivity index (χ1v) is 21.7. The van der Waals surface area contributed by atoms with Gasteiger partial charge in [-0.05, 0) is 137 Å². The standard InChI is InChI=1S/C47H73N3O6/c1-30(2)39-33(51)26-47(36(52)29-50(25-24-49(10)11)28-31-14-12-13-23-48-31)22-21-45(8)32(40(39)47)15-16-35-44(7)19-18-37(56-38(53)27-42(3,4)41(54)55)43(5,6)34(44)17-20-46(35,45)9/h12-14,23,30,32,34-37,52H,15-22,24-29H2,1-11H3,(H,54,55)/t32-,34+,35-,36+,37-,44+,45-,46-,47+/m1/s1. The van der Waals surface area contributed by atoms with Gasteiger partial charge >= 0.3 is 11.9 Å². The number of aliphatic hydroxyl groups is 1. The summed E-state index contributed by atoms with van der Waals surface area (Å²) in [7, 11) is 4.17. The van der Waals surface area contributed by atoms with E-state index < -0.39 is 28.9 Å². The summed E-state index contributed by atoms with van der Waals surface area (Å²) in [6.07, 6.45) is 9.00. The Morgan fingerprint density at radius 2 is 1.66 bits per heavy atom. The second-order valence-corrected chi connectivity index (χ2v) is 21.4. The molecule has 1 aromatic rings. The number of carbonyl (C=O) groups excluding carboxylic acids is 2. The van der Waals surface area contributed by atoms with E-state index in [1.54, 1.807) is 13.8 Å². The lowest BCUT2D eigenvalue weighted by Gasteiger charge is -2.72. The third kappa shape index (κ3) is 7.12. The zero-order valence-corrected chi connectivity index (χ0v) is 36.5. The lowest BCUT2D eigenvalue weighted by Crippen LogP contribution is -2.66. The van der Waals surface area contributed by atoms with Gasteiger partial charge in [0.25, 0.3) is 0 Å². The van der Waals surface area contributed by atoms with Crippen LogP contribution in [-0.4, -0.2) is 88.7 Å². The Bertz CT molecular complexity index is 1690. The van der Waals surface area contributed by atoms with E-state index in [4.69, 9.17) is 4.74 Å². The van der Waals surface area contributed by atoms with E-state index in [0.29, 0.717) is 31.3 Å². The molecule has 1 heterocycles. The first-order valence-electron chi connectivity index (χ1n) is 21.7. The van der Waals surface area contributed by atoms with Crippen LogP contribution in [0.2, 0.25) is 0 Å². The Hall–Kier alpha value is -2.62. The Kier molecular flexibility index (Phi) is 11.7. The molecule has 0 aliphatic heterocycles. The van der Waals surface area contributed by atoms with Crippen molar-refractivity contribution < 1.29 is 29.3 Å². The summed E-state index contributed by atoms with van der Waals surface area (Å²) in [6, 6.07) is 6.01. The van der Waals surface area contributed by atoms with Crippen LogP contribution in [0.1, 0.15) is 132 Å². The highest BCUT2D eigenvalue weighted by atomic mass is 16.5.